The van der Waals surface area contributed by atoms with Gasteiger partial charge in [0.2, 0.25) is 0 Å². The van der Waals surface area contributed by atoms with Gasteiger partial charge in [-0.3, -0.25) is 4.98 Å². The standard InChI is InChI=1S/C20H25N5/c1-3-21-20(24-14-17-8-6-7-15(2)25-17)22-12-11-16-13-23-19-10-5-4-9-18(16)19/h4-10,13,23H,3,11-12,14H2,1-2H3,(H2,21,22,24). The lowest BCUT2D eigenvalue weighted by Crippen LogP contribution is -2.38. The highest BCUT2D eigenvalue weighted by atomic mass is 15.2. The van der Waals surface area contributed by atoms with Crippen LogP contribution in [0.25, 0.3) is 10.9 Å². The summed E-state index contributed by atoms with van der Waals surface area (Å²) in [5.74, 6) is 0.825. The van der Waals surface area contributed by atoms with Crippen LogP contribution in [0.1, 0.15) is 23.9 Å². The van der Waals surface area contributed by atoms with Gasteiger partial charge in [0.1, 0.15) is 0 Å². The Morgan fingerprint density at radius 1 is 1.12 bits per heavy atom. The van der Waals surface area contributed by atoms with Gasteiger partial charge < -0.3 is 15.6 Å². The molecule has 25 heavy (non-hydrogen) atoms. The highest BCUT2D eigenvalue weighted by Crippen LogP contribution is 2.17. The molecule has 0 unspecified atom stereocenters. The number of fused-ring (bicyclic) bond motifs is 1. The fourth-order valence-electron chi connectivity index (χ4n) is 2.84. The van der Waals surface area contributed by atoms with Gasteiger partial charge in [0, 0.05) is 35.9 Å². The van der Waals surface area contributed by atoms with E-state index in [2.05, 4.69) is 63.0 Å². The number of aryl methyl sites for hydroxylation is 1. The van der Waals surface area contributed by atoms with Gasteiger partial charge in [-0.2, -0.15) is 0 Å². The Morgan fingerprint density at radius 3 is 2.84 bits per heavy atom. The van der Waals surface area contributed by atoms with Crippen molar-refractivity contribution < 1.29 is 0 Å². The second-order valence-corrected chi connectivity index (χ2v) is 6.00. The predicted molar refractivity (Wildman–Crippen MR) is 104 cm³/mol. The zero-order valence-electron chi connectivity index (χ0n) is 14.8. The molecule has 0 radical (unpaired) electrons. The van der Waals surface area contributed by atoms with Crippen molar-refractivity contribution >= 4 is 16.9 Å². The van der Waals surface area contributed by atoms with E-state index in [4.69, 9.17) is 0 Å². The molecular formula is C20H25N5. The first-order valence-electron chi connectivity index (χ1n) is 8.76. The SMILES string of the molecule is CCNC(=NCc1cccc(C)n1)NCCc1c[nH]c2ccccc12. The van der Waals surface area contributed by atoms with Gasteiger partial charge in [-0.25, -0.2) is 4.99 Å². The highest BCUT2D eigenvalue weighted by molar-refractivity contribution is 5.83. The number of benzene rings is 1. The van der Waals surface area contributed by atoms with Crippen LogP contribution >= 0.6 is 0 Å². The fraction of sp³-hybridized carbons (Fsp3) is 0.300. The van der Waals surface area contributed by atoms with Gasteiger partial charge in [0.05, 0.1) is 12.2 Å². The first kappa shape index (κ1) is 17.0. The molecule has 0 saturated heterocycles. The molecule has 3 N–H and O–H groups in total. The zero-order chi connectivity index (χ0) is 17.5. The average molecular weight is 335 g/mol. The van der Waals surface area contributed by atoms with Crippen molar-refractivity contribution in [2.45, 2.75) is 26.8 Å². The summed E-state index contributed by atoms with van der Waals surface area (Å²) in [5.41, 5.74) is 4.50. The number of hydrogen-bond acceptors (Lipinski definition) is 2. The maximum Gasteiger partial charge on any atom is 0.191 e. The minimum absolute atomic E-state index is 0.574. The number of rotatable bonds is 6. The highest BCUT2D eigenvalue weighted by Gasteiger charge is 2.03. The van der Waals surface area contributed by atoms with E-state index < -0.39 is 0 Å². The molecule has 2 aromatic heterocycles. The quantitative estimate of drug-likeness (QED) is 0.479. The molecule has 130 valence electrons. The molecule has 0 aliphatic carbocycles. The Morgan fingerprint density at radius 2 is 2.00 bits per heavy atom. The lowest BCUT2D eigenvalue weighted by Gasteiger charge is -2.11. The van der Waals surface area contributed by atoms with Crippen molar-refractivity contribution in [2.24, 2.45) is 4.99 Å². The van der Waals surface area contributed by atoms with Crippen LogP contribution in [0.3, 0.4) is 0 Å². The summed E-state index contributed by atoms with van der Waals surface area (Å²) < 4.78 is 0. The van der Waals surface area contributed by atoms with Crippen LogP contribution in [0.4, 0.5) is 0 Å². The average Bonchev–Trinajstić information content (AvgIpc) is 3.03. The number of nitrogens with zero attached hydrogens (tertiary/aromatic N) is 2. The smallest absolute Gasteiger partial charge is 0.191 e. The Hall–Kier alpha value is -2.82. The van der Waals surface area contributed by atoms with Crippen molar-refractivity contribution in [2.75, 3.05) is 13.1 Å². The number of hydrogen-bond donors (Lipinski definition) is 3. The van der Waals surface area contributed by atoms with E-state index in [0.717, 1.165) is 36.9 Å². The summed E-state index contributed by atoms with van der Waals surface area (Å²) in [6, 6.07) is 14.4. The molecule has 0 aliphatic heterocycles. The molecule has 0 saturated carbocycles. The third kappa shape index (κ3) is 4.59. The summed E-state index contributed by atoms with van der Waals surface area (Å²) >= 11 is 0. The molecule has 1 aromatic carbocycles. The maximum atomic E-state index is 4.63. The monoisotopic (exact) mass is 335 g/mol. The van der Waals surface area contributed by atoms with Gasteiger partial charge >= 0.3 is 0 Å². The van der Waals surface area contributed by atoms with Crippen LogP contribution in [0.2, 0.25) is 0 Å². The van der Waals surface area contributed by atoms with E-state index in [9.17, 15) is 0 Å². The molecule has 2 heterocycles. The molecule has 5 heteroatoms. The predicted octanol–water partition coefficient (Wildman–Crippen LogP) is 3.17. The normalized spacial score (nSPS) is 11.7. The topological polar surface area (TPSA) is 65.1 Å². The van der Waals surface area contributed by atoms with Crippen LogP contribution < -0.4 is 10.6 Å². The van der Waals surface area contributed by atoms with Crippen LogP contribution in [0, 0.1) is 6.92 Å². The Kier molecular flexibility index (Phi) is 5.67. The number of H-pyrrole nitrogens is 1. The minimum atomic E-state index is 0.574. The van der Waals surface area contributed by atoms with E-state index in [0.29, 0.717) is 6.54 Å². The van der Waals surface area contributed by atoms with Crippen molar-refractivity contribution in [3.8, 4) is 0 Å². The summed E-state index contributed by atoms with van der Waals surface area (Å²) in [4.78, 5) is 12.4. The van der Waals surface area contributed by atoms with Crippen molar-refractivity contribution in [3.63, 3.8) is 0 Å². The third-order valence-electron chi connectivity index (χ3n) is 4.05. The molecule has 0 spiro atoms. The van der Waals surface area contributed by atoms with Gasteiger partial charge in [-0.1, -0.05) is 24.3 Å². The van der Waals surface area contributed by atoms with Gasteiger partial charge in [-0.05, 0) is 44.0 Å². The van der Waals surface area contributed by atoms with Crippen LogP contribution in [-0.2, 0) is 13.0 Å². The van der Waals surface area contributed by atoms with E-state index in [1.807, 2.05) is 25.1 Å². The summed E-state index contributed by atoms with van der Waals surface area (Å²) in [6.45, 7) is 6.30. The van der Waals surface area contributed by atoms with Crippen molar-refractivity contribution in [1.82, 2.24) is 20.6 Å². The molecule has 0 amide bonds. The van der Waals surface area contributed by atoms with E-state index >= 15 is 0 Å². The Labute approximate surface area is 148 Å². The van der Waals surface area contributed by atoms with Crippen LogP contribution in [0.15, 0.2) is 53.7 Å². The van der Waals surface area contributed by atoms with Gasteiger partial charge in [0.25, 0.3) is 0 Å². The van der Waals surface area contributed by atoms with Gasteiger partial charge in [0.15, 0.2) is 5.96 Å². The van der Waals surface area contributed by atoms with E-state index in [1.165, 1.54) is 16.5 Å². The molecular weight excluding hydrogens is 310 g/mol. The molecule has 3 rings (SSSR count). The van der Waals surface area contributed by atoms with Gasteiger partial charge in [-0.15, -0.1) is 0 Å². The fourth-order valence-corrected chi connectivity index (χ4v) is 2.84. The minimum Gasteiger partial charge on any atom is -0.361 e. The zero-order valence-corrected chi connectivity index (χ0v) is 14.8. The first-order valence-corrected chi connectivity index (χ1v) is 8.76. The first-order chi connectivity index (χ1) is 12.3. The van der Waals surface area contributed by atoms with E-state index in [-0.39, 0.29) is 0 Å². The molecule has 0 bridgehead atoms. The van der Waals surface area contributed by atoms with E-state index in [1.54, 1.807) is 0 Å². The Balaban J connectivity index is 1.59. The number of nitrogens with one attached hydrogen (secondary N) is 3. The van der Waals surface area contributed by atoms with Crippen molar-refractivity contribution in [3.05, 3.63) is 65.6 Å². The molecule has 5 nitrogen and oxygen atoms in total. The number of aliphatic imine (C=N–C) groups is 1. The number of para-hydroxylation sites is 1. The second-order valence-electron chi connectivity index (χ2n) is 6.00. The number of guanidine groups is 1. The Bertz CT molecular complexity index is 850. The number of aromatic amines is 1. The van der Waals surface area contributed by atoms with Crippen molar-refractivity contribution in [1.29, 1.82) is 0 Å². The van der Waals surface area contributed by atoms with Crippen LogP contribution in [0.5, 0.6) is 0 Å². The molecule has 0 atom stereocenters. The second kappa shape index (κ2) is 8.33. The lowest BCUT2D eigenvalue weighted by molar-refractivity contribution is 0.798. The summed E-state index contributed by atoms with van der Waals surface area (Å²) in [6.07, 6.45) is 3.03. The largest absolute Gasteiger partial charge is 0.361 e. The lowest BCUT2D eigenvalue weighted by atomic mass is 10.1. The summed E-state index contributed by atoms with van der Waals surface area (Å²) in [5, 5.41) is 7.98. The van der Waals surface area contributed by atoms with Crippen LogP contribution in [-0.4, -0.2) is 29.0 Å². The summed E-state index contributed by atoms with van der Waals surface area (Å²) in [7, 11) is 0. The molecule has 0 aliphatic rings. The number of aromatic nitrogens is 2. The third-order valence-corrected chi connectivity index (χ3v) is 4.05. The molecule has 0 fully saturated rings. The maximum absolute atomic E-state index is 4.63. The number of pyridine rings is 1. The molecule has 3 aromatic rings.